The third-order valence-corrected chi connectivity index (χ3v) is 7.91. The van der Waals surface area contributed by atoms with E-state index >= 15 is 0 Å². The van der Waals surface area contributed by atoms with Gasteiger partial charge in [0.1, 0.15) is 5.75 Å². The lowest BCUT2D eigenvalue weighted by molar-refractivity contribution is 0.373. The number of nitrogens with one attached hydrogen (secondary N) is 1. The van der Waals surface area contributed by atoms with Gasteiger partial charge < -0.3 is 19.4 Å². The van der Waals surface area contributed by atoms with Crippen molar-refractivity contribution in [1.82, 2.24) is 19.8 Å². The predicted molar refractivity (Wildman–Crippen MR) is 109 cm³/mol. The molecule has 4 rings (SSSR count). The highest BCUT2D eigenvalue weighted by molar-refractivity contribution is 7.89. The molecule has 2 saturated heterocycles. The number of piperazine rings is 1. The summed E-state index contributed by atoms with van der Waals surface area (Å²) in [4.78, 5) is 2.17. The van der Waals surface area contributed by atoms with E-state index < -0.39 is 15.3 Å². The molecule has 2 aliphatic heterocycles. The van der Waals surface area contributed by atoms with Gasteiger partial charge in [0.2, 0.25) is 21.8 Å². The van der Waals surface area contributed by atoms with Gasteiger partial charge in [0, 0.05) is 39.1 Å². The molecule has 2 aliphatic rings. The Hall–Kier alpha value is -2.17. The molecule has 1 N–H and O–H groups in total. The van der Waals surface area contributed by atoms with E-state index in [-0.39, 0.29) is 6.04 Å². The van der Waals surface area contributed by atoms with Gasteiger partial charge in [-0.3, -0.25) is 0 Å². The summed E-state index contributed by atoms with van der Waals surface area (Å²) in [6.45, 7) is 4.52. The minimum Gasteiger partial charge on any atom is -0.495 e. The lowest BCUT2D eigenvalue weighted by Gasteiger charge is -2.36. The van der Waals surface area contributed by atoms with Gasteiger partial charge in [-0.15, -0.1) is 10.2 Å². The molecule has 2 unspecified atom stereocenters. The minimum atomic E-state index is -3.40. The summed E-state index contributed by atoms with van der Waals surface area (Å²) in [7, 11) is -1.75. The molecule has 2 aromatic rings. The maximum Gasteiger partial charge on any atom is 0.233 e. The van der Waals surface area contributed by atoms with Crippen LogP contribution in [0.5, 0.6) is 5.75 Å². The smallest absolute Gasteiger partial charge is 0.233 e. The summed E-state index contributed by atoms with van der Waals surface area (Å²) in [5.41, 5.74) is 0.998. The first-order chi connectivity index (χ1) is 14.0. The fourth-order valence-electron chi connectivity index (χ4n) is 3.95. The van der Waals surface area contributed by atoms with Crippen LogP contribution in [0.4, 0.5) is 5.69 Å². The third-order valence-electron chi connectivity index (χ3n) is 5.62. The Morgan fingerprint density at radius 1 is 1.21 bits per heavy atom. The van der Waals surface area contributed by atoms with Crippen molar-refractivity contribution < 1.29 is 17.6 Å². The van der Waals surface area contributed by atoms with E-state index in [0.717, 1.165) is 11.4 Å². The number of hydrogen-bond donors (Lipinski definition) is 1. The number of ether oxygens (including phenoxy) is 1. The van der Waals surface area contributed by atoms with Crippen molar-refractivity contribution in [3.63, 3.8) is 0 Å². The van der Waals surface area contributed by atoms with E-state index in [4.69, 9.17) is 9.15 Å². The van der Waals surface area contributed by atoms with Crippen LogP contribution in [0, 0.1) is 0 Å². The van der Waals surface area contributed by atoms with Gasteiger partial charge in [0.25, 0.3) is 0 Å². The standard InChI is InChI=1S/C19H27N5O4S/c1-3-18-21-22-19(28-18)15-12-14(13-20-15)29(25,26)24-10-8-23(9-11-24)16-6-4-5-7-17(16)27-2/h4-7,14-15,20H,3,8-13H2,1-2H3. The monoisotopic (exact) mass is 421 g/mol. The van der Waals surface area contributed by atoms with Gasteiger partial charge in [-0.25, -0.2) is 8.42 Å². The summed E-state index contributed by atoms with van der Waals surface area (Å²) in [6.07, 6.45) is 1.11. The van der Waals surface area contributed by atoms with E-state index in [1.165, 1.54) is 0 Å². The van der Waals surface area contributed by atoms with E-state index in [2.05, 4.69) is 20.4 Å². The van der Waals surface area contributed by atoms with Crippen LogP contribution in [0.15, 0.2) is 28.7 Å². The molecular weight excluding hydrogens is 394 g/mol. The van der Waals surface area contributed by atoms with Crippen LogP contribution in [-0.2, 0) is 16.4 Å². The number of benzene rings is 1. The zero-order valence-corrected chi connectivity index (χ0v) is 17.6. The van der Waals surface area contributed by atoms with Crippen LogP contribution < -0.4 is 15.0 Å². The Morgan fingerprint density at radius 2 is 1.97 bits per heavy atom. The Kier molecular flexibility index (Phi) is 5.75. The second-order valence-corrected chi connectivity index (χ2v) is 9.52. The van der Waals surface area contributed by atoms with Crippen molar-refractivity contribution in [2.45, 2.75) is 31.1 Å². The van der Waals surface area contributed by atoms with Gasteiger partial charge in [-0.1, -0.05) is 19.1 Å². The number of rotatable bonds is 6. The molecule has 10 heteroatoms. The summed E-state index contributed by atoms with van der Waals surface area (Å²) in [5.74, 6) is 1.85. The molecule has 0 radical (unpaired) electrons. The van der Waals surface area contributed by atoms with Crippen molar-refractivity contribution in [2.75, 3.05) is 44.7 Å². The van der Waals surface area contributed by atoms with Crippen LogP contribution >= 0.6 is 0 Å². The molecule has 0 amide bonds. The van der Waals surface area contributed by atoms with Crippen molar-refractivity contribution >= 4 is 15.7 Å². The zero-order valence-electron chi connectivity index (χ0n) is 16.7. The SMILES string of the molecule is CCc1nnc(C2CC(S(=O)(=O)N3CCN(c4ccccc4OC)CC3)CN2)o1. The third kappa shape index (κ3) is 3.96. The van der Waals surface area contributed by atoms with Crippen LogP contribution in [0.2, 0.25) is 0 Å². The van der Waals surface area contributed by atoms with Gasteiger partial charge in [0.05, 0.1) is 24.1 Å². The number of sulfonamides is 1. The Morgan fingerprint density at radius 3 is 2.66 bits per heavy atom. The van der Waals surface area contributed by atoms with Crippen molar-refractivity contribution in [1.29, 1.82) is 0 Å². The first-order valence-corrected chi connectivity index (χ1v) is 11.5. The topological polar surface area (TPSA) is 101 Å². The molecule has 0 aliphatic carbocycles. The molecule has 1 aromatic carbocycles. The largest absolute Gasteiger partial charge is 0.495 e. The first kappa shape index (κ1) is 20.1. The maximum absolute atomic E-state index is 13.2. The summed E-state index contributed by atoms with van der Waals surface area (Å²) in [6, 6.07) is 7.61. The number of anilines is 1. The van der Waals surface area contributed by atoms with E-state index in [1.54, 1.807) is 11.4 Å². The van der Waals surface area contributed by atoms with Crippen molar-refractivity contribution in [2.24, 2.45) is 0 Å². The Bertz CT molecular complexity index is 940. The Balaban J connectivity index is 1.39. The number of nitrogens with zero attached hydrogens (tertiary/aromatic N) is 4. The molecule has 29 heavy (non-hydrogen) atoms. The van der Waals surface area contributed by atoms with Crippen molar-refractivity contribution in [3.05, 3.63) is 36.0 Å². The molecule has 158 valence electrons. The lowest BCUT2D eigenvalue weighted by atomic mass is 10.2. The summed E-state index contributed by atoms with van der Waals surface area (Å²) < 4.78 is 39.0. The molecule has 3 heterocycles. The number of para-hydroxylation sites is 2. The highest BCUT2D eigenvalue weighted by Gasteiger charge is 2.41. The normalized spacial score (nSPS) is 23.4. The lowest BCUT2D eigenvalue weighted by Crippen LogP contribution is -2.51. The van der Waals surface area contributed by atoms with E-state index in [0.29, 0.717) is 57.3 Å². The van der Waals surface area contributed by atoms with E-state index in [9.17, 15) is 8.42 Å². The van der Waals surface area contributed by atoms with Gasteiger partial charge in [-0.05, 0) is 18.6 Å². The van der Waals surface area contributed by atoms with E-state index in [1.807, 2.05) is 31.2 Å². The second-order valence-electron chi connectivity index (χ2n) is 7.31. The van der Waals surface area contributed by atoms with Crippen molar-refractivity contribution in [3.8, 4) is 5.75 Å². The summed E-state index contributed by atoms with van der Waals surface area (Å²) in [5, 5.41) is 10.8. The minimum absolute atomic E-state index is 0.211. The Labute approximate surface area is 171 Å². The highest BCUT2D eigenvalue weighted by Crippen LogP contribution is 2.31. The van der Waals surface area contributed by atoms with Crippen LogP contribution in [0.25, 0.3) is 0 Å². The highest BCUT2D eigenvalue weighted by atomic mass is 32.2. The molecule has 2 fully saturated rings. The molecule has 0 spiro atoms. The predicted octanol–water partition coefficient (Wildman–Crippen LogP) is 1.20. The molecular formula is C19H27N5O4S. The number of hydrogen-bond acceptors (Lipinski definition) is 8. The van der Waals surface area contributed by atoms with Crippen LogP contribution in [-0.4, -0.2) is 68.0 Å². The van der Waals surface area contributed by atoms with Gasteiger partial charge in [-0.2, -0.15) is 4.31 Å². The average molecular weight is 422 g/mol. The number of methoxy groups -OCH3 is 1. The second kappa shape index (κ2) is 8.29. The maximum atomic E-state index is 13.2. The zero-order chi connectivity index (χ0) is 20.4. The van der Waals surface area contributed by atoms with Gasteiger partial charge >= 0.3 is 0 Å². The van der Waals surface area contributed by atoms with Crippen LogP contribution in [0.1, 0.15) is 31.2 Å². The van der Waals surface area contributed by atoms with Gasteiger partial charge in [0.15, 0.2) is 0 Å². The molecule has 9 nitrogen and oxygen atoms in total. The molecule has 0 bridgehead atoms. The number of aryl methyl sites for hydroxylation is 1. The number of aromatic nitrogens is 2. The fraction of sp³-hybridized carbons (Fsp3) is 0.579. The fourth-order valence-corrected chi connectivity index (χ4v) is 5.79. The first-order valence-electron chi connectivity index (χ1n) is 9.95. The quantitative estimate of drug-likeness (QED) is 0.743. The molecule has 0 saturated carbocycles. The van der Waals surface area contributed by atoms with Crippen LogP contribution in [0.3, 0.4) is 0 Å². The summed E-state index contributed by atoms with van der Waals surface area (Å²) >= 11 is 0. The molecule has 1 aromatic heterocycles. The average Bonchev–Trinajstić information content (AvgIpc) is 3.43. The molecule has 2 atom stereocenters.